The van der Waals surface area contributed by atoms with E-state index >= 15 is 0 Å². The molecule has 4 rings (SSSR count). The minimum Gasteiger partial charge on any atom is -0.334 e. The first-order chi connectivity index (χ1) is 15.1. The van der Waals surface area contributed by atoms with Gasteiger partial charge in [0.15, 0.2) is 0 Å². The fourth-order valence-electron chi connectivity index (χ4n) is 4.20. The predicted molar refractivity (Wildman–Crippen MR) is 125 cm³/mol. The first-order valence-corrected chi connectivity index (χ1v) is 11.0. The Hall–Kier alpha value is -2.96. The van der Waals surface area contributed by atoms with Crippen LogP contribution >= 0.6 is 0 Å². The Labute approximate surface area is 183 Å². The minimum atomic E-state index is -0.389. The molecule has 1 saturated heterocycles. The summed E-state index contributed by atoms with van der Waals surface area (Å²) in [6, 6.07) is 17.7. The van der Waals surface area contributed by atoms with Crippen molar-refractivity contribution in [3.63, 3.8) is 0 Å². The van der Waals surface area contributed by atoms with Crippen molar-refractivity contribution in [3.8, 4) is 11.1 Å². The predicted octanol–water partition coefficient (Wildman–Crippen LogP) is 2.94. The first-order valence-electron chi connectivity index (χ1n) is 11.0. The van der Waals surface area contributed by atoms with Gasteiger partial charge in [-0.05, 0) is 30.5 Å². The lowest BCUT2D eigenvalue weighted by Crippen LogP contribution is -2.49. The lowest BCUT2D eigenvalue weighted by Gasteiger charge is -2.32. The molecule has 6 heteroatoms. The Balaban J connectivity index is 1.65. The van der Waals surface area contributed by atoms with Gasteiger partial charge in [-0.1, -0.05) is 55.5 Å². The second-order valence-electron chi connectivity index (χ2n) is 8.24. The zero-order valence-corrected chi connectivity index (χ0v) is 18.3. The van der Waals surface area contributed by atoms with Gasteiger partial charge >= 0.3 is 0 Å². The molecule has 1 aliphatic heterocycles. The lowest BCUT2D eigenvalue weighted by atomic mass is 10.0. The molecule has 6 nitrogen and oxygen atoms in total. The Bertz CT molecular complexity index is 1100. The minimum absolute atomic E-state index is 0.0438. The number of hydrogen-bond donors (Lipinski definition) is 1. The molecule has 31 heavy (non-hydrogen) atoms. The second-order valence-corrected chi connectivity index (χ2v) is 8.24. The number of carbonyl (C=O) groups excluding carboxylic acids is 1. The number of piperazine rings is 1. The highest BCUT2D eigenvalue weighted by Gasteiger charge is 2.20. The summed E-state index contributed by atoms with van der Waals surface area (Å²) < 4.78 is 1.69. The number of hydrogen-bond acceptors (Lipinski definition) is 4. The molecule has 2 heterocycles. The van der Waals surface area contributed by atoms with E-state index in [9.17, 15) is 9.59 Å². The number of rotatable bonds is 6. The van der Waals surface area contributed by atoms with Crippen molar-refractivity contribution in [3.05, 3.63) is 71.1 Å². The lowest BCUT2D eigenvalue weighted by molar-refractivity contribution is -0.124. The van der Waals surface area contributed by atoms with Gasteiger partial charge < -0.3 is 10.2 Å². The molecule has 1 aromatic heterocycles. The maximum Gasteiger partial charge on any atom is 0.260 e. The molecule has 0 spiro atoms. The number of aromatic nitrogens is 1. The Kier molecular flexibility index (Phi) is 6.49. The third-order valence-corrected chi connectivity index (χ3v) is 6.05. The van der Waals surface area contributed by atoms with Crippen LogP contribution in [-0.2, 0) is 4.79 Å². The van der Waals surface area contributed by atoms with Crippen LogP contribution in [0.2, 0.25) is 0 Å². The number of nitrogens with one attached hydrogen (secondary N) is 1. The molecule has 1 aliphatic rings. The van der Waals surface area contributed by atoms with E-state index < -0.39 is 0 Å². The highest BCUT2D eigenvalue weighted by atomic mass is 16.2. The smallest absolute Gasteiger partial charge is 0.260 e. The van der Waals surface area contributed by atoms with Gasteiger partial charge in [-0.2, -0.15) is 0 Å². The third-order valence-electron chi connectivity index (χ3n) is 6.05. The molecule has 0 saturated carbocycles. The Morgan fingerprint density at radius 2 is 1.61 bits per heavy atom. The number of fused-ring (bicyclic) bond motifs is 1. The fraction of sp³-hybridized carbons (Fsp3) is 0.360. The number of likely N-dealkylation sites (N-methyl/N-ethyl adjacent to an activating group) is 1. The van der Waals surface area contributed by atoms with E-state index in [0.29, 0.717) is 18.4 Å². The van der Waals surface area contributed by atoms with Crippen LogP contribution in [-0.4, -0.2) is 60.0 Å². The van der Waals surface area contributed by atoms with Crippen molar-refractivity contribution in [2.75, 3.05) is 39.8 Å². The van der Waals surface area contributed by atoms with E-state index in [1.165, 1.54) is 0 Å². The number of benzene rings is 2. The average Bonchev–Trinajstić information content (AvgIpc) is 2.80. The zero-order chi connectivity index (χ0) is 21.8. The van der Waals surface area contributed by atoms with Gasteiger partial charge in [0.25, 0.3) is 5.56 Å². The second kappa shape index (κ2) is 9.45. The van der Waals surface area contributed by atoms with Crippen LogP contribution in [0.3, 0.4) is 0 Å². The topological polar surface area (TPSA) is 57.6 Å². The van der Waals surface area contributed by atoms with Gasteiger partial charge in [-0.15, -0.1) is 0 Å². The van der Waals surface area contributed by atoms with Gasteiger partial charge in [-0.3, -0.25) is 19.1 Å². The van der Waals surface area contributed by atoms with Crippen LogP contribution in [0.4, 0.5) is 0 Å². The number of carbonyl (C=O) groups is 1. The Morgan fingerprint density at radius 1 is 0.968 bits per heavy atom. The van der Waals surface area contributed by atoms with Crippen molar-refractivity contribution in [2.45, 2.75) is 19.5 Å². The van der Waals surface area contributed by atoms with Gasteiger partial charge in [-0.25, -0.2) is 0 Å². The summed E-state index contributed by atoms with van der Waals surface area (Å²) in [7, 11) is 2.10. The maximum absolute atomic E-state index is 13.3. The molecule has 1 unspecified atom stereocenters. The largest absolute Gasteiger partial charge is 0.334 e. The van der Waals surface area contributed by atoms with Gasteiger partial charge in [0, 0.05) is 43.3 Å². The first kappa shape index (κ1) is 21.3. The molecule has 162 valence electrons. The molecular weight excluding hydrogens is 388 g/mol. The van der Waals surface area contributed by atoms with Gasteiger partial charge in [0.05, 0.1) is 6.54 Å². The zero-order valence-electron chi connectivity index (χ0n) is 18.3. The molecule has 1 N–H and O–H groups in total. The van der Waals surface area contributed by atoms with Crippen LogP contribution in [0, 0.1) is 0 Å². The van der Waals surface area contributed by atoms with Crippen molar-refractivity contribution in [1.29, 1.82) is 0 Å². The average molecular weight is 419 g/mol. The molecule has 0 radical (unpaired) electrons. The summed E-state index contributed by atoms with van der Waals surface area (Å²) >= 11 is 0. The number of nitrogens with zero attached hydrogens (tertiary/aromatic N) is 3. The molecule has 0 aliphatic carbocycles. The van der Waals surface area contributed by atoms with E-state index in [1.54, 1.807) is 4.57 Å². The molecular formula is C25H30N4O2. The van der Waals surface area contributed by atoms with Crippen LogP contribution in [0.1, 0.15) is 19.5 Å². The van der Waals surface area contributed by atoms with Gasteiger partial charge in [0.2, 0.25) is 5.91 Å². The summed E-state index contributed by atoms with van der Waals surface area (Å²) in [5.74, 6) is -0.0438. The van der Waals surface area contributed by atoms with E-state index in [-0.39, 0.29) is 17.6 Å². The summed E-state index contributed by atoms with van der Waals surface area (Å²) in [6.07, 6.45) is 2.13. The van der Waals surface area contributed by atoms with Crippen LogP contribution in [0.15, 0.2) is 65.6 Å². The van der Waals surface area contributed by atoms with Crippen LogP contribution < -0.4 is 10.9 Å². The monoisotopic (exact) mass is 418 g/mol. The highest BCUT2D eigenvalue weighted by Crippen LogP contribution is 2.27. The number of pyridine rings is 1. The van der Waals surface area contributed by atoms with E-state index in [2.05, 4.69) is 22.2 Å². The summed E-state index contributed by atoms with van der Waals surface area (Å²) in [4.78, 5) is 30.5. The van der Waals surface area contributed by atoms with Crippen molar-refractivity contribution in [2.24, 2.45) is 0 Å². The Morgan fingerprint density at radius 3 is 2.29 bits per heavy atom. The number of amides is 1. The van der Waals surface area contributed by atoms with E-state index in [0.717, 1.165) is 42.7 Å². The maximum atomic E-state index is 13.3. The fourth-order valence-corrected chi connectivity index (χ4v) is 4.20. The van der Waals surface area contributed by atoms with Crippen LogP contribution in [0.5, 0.6) is 0 Å². The molecule has 1 amide bonds. The summed E-state index contributed by atoms with van der Waals surface area (Å²) in [5, 5.41) is 4.68. The highest BCUT2D eigenvalue weighted by molar-refractivity contribution is 5.95. The summed E-state index contributed by atoms with van der Waals surface area (Å²) in [6.45, 7) is 6.05. The molecule has 1 atom stereocenters. The summed E-state index contributed by atoms with van der Waals surface area (Å²) in [5.41, 5.74) is 1.95. The van der Waals surface area contributed by atoms with Crippen LogP contribution in [0.25, 0.3) is 21.9 Å². The van der Waals surface area contributed by atoms with Crippen molar-refractivity contribution >= 4 is 16.7 Å². The molecule has 1 fully saturated rings. The molecule has 0 bridgehead atoms. The van der Waals surface area contributed by atoms with E-state index in [4.69, 9.17) is 0 Å². The SMILES string of the molecule is CCC(NC(=O)CN1CCN(C)CC1)n1cc(-c2ccccc2)c2ccccc2c1=O. The standard InChI is InChI=1S/C25H30N4O2/c1-3-23(26-24(30)18-28-15-13-27(2)14-16-28)29-17-22(19-9-5-4-6-10-19)20-11-7-8-12-21(20)25(29)31/h4-12,17,23H,3,13-16,18H2,1-2H3,(H,26,30). The third kappa shape index (κ3) is 4.70. The van der Waals surface area contributed by atoms with Gasteiger partial charge in [0.1, 0.15) is 6.17 Å². The quantitative estimate of drug-likeness (QED) is 0.669. The molecule has 3 aromatic rings. The molecule has 2 aromatic carbocycles. The van der Waals surface area contributed by atoms with Crippen molar-refractivity contribution in [1.82, 2.24) is 19.7 Å². The normalized spacial score (nSPS) is 16.3. The van der Waals surface area contributed by atoms with Crippen molar-refractivity contribution < 1.29 is 4.79 Å². The van der Waals surface area contributed by atoms with E-state index in [1.807, 2.05) is 67.7 Å².